The van der Waals surface area contributed by atoms with Crippen molar-refractivity contribution in [2.24, 2.45) is 5.84 Å². The number of nitrogens with one attached hydrogen (secondary N) is 1. The molecule has 1 aromatic rings. The van der Waals surface area contributed by atoms with Gasteiger partial charge in [0.25, 0.3) is 5.69 Å². The van der Waals surface area contributed by atoms with Gasteiger partial charge in [0, 0.05) is 12.1 Å². The summed E-state index contributed by atoms with van der Waals surface area (Å²) >= 11 is 0. The van der Waals surface area contributed by atoms with Crippen molar-refractivity contribution in [3.63, 3.8) is 0 Å². The fourth-order valence-electron chi connectivity index (χ4n) is 0.709. The fourth-order valence-corrected chi connectivity index (χ4v) is 0.709. The number of nitro benzene ring substituents is 1. The predicted octanol–water partition coefficient (Wildman–Crippen LogP) is 0.228. The maximum Gasteiger partial charge on any atom is 0.394 e. The molecule has 5 N–H and O–H groups in total. The zero-order chi connectivity index (χ0) is 12.8. The predicted molar refractivity (Wildman–Crippen MR) is 55.1 cm³/mol. The van der Waals surface area contributed by atoms with Crippen LogP contribution in [0.5, 0.6) is 0 Å². The Bertz CT molecular complexity index is 451. The average Bonchev–Trinajstić information content (AvgIpc) is 2.15. The van der Waals surface area contributed by atoms with Crippen LogP contribution in [0.25, 0.3) is 0 Å². The molecule has 0 spiro atoms. The molecule has 0 saturated carbocycles. The highest BCUT2D eigenvalue weighted by Gasteiger charge is 2.03. The van der Waals surface area contributed by atoms with E-state index in [1.165, 1.54) is 12.1 Å². The number of nitrogens with zero attached hydrogens (tertiary/aromatic N) is 1. The summed E-state index contributed by atoms with van der Waals surface area (Å²) in [4.78, 5) is 9.73. The molecule has 0 unspecified atom stereocenters. The molecule has 0 atom stereocenters. The van der Waals surface area contributed by atoms with E-state index in [0.29, 0.717) is 5.69 Å². The van der Waals surface area contributed by atoms with Crippen molar-refractivity contribution in [1.82, 2.24) is 0 Å². The van der Waals surface area contributed by atoms with Crippen LogP contribution in [0.4, 0.5) is 11.4 Å². The van der Waals surface area contributed by atoms with Gasteiger partial charge in [-0.05, 0) is 6.07 Å². The lowest BCUT2D eigenvalue weighted by Gasteiger charge is -1.96. The van der Waals surface area contributed by atoms with Crippen molar-refractivity contribution in [2.45, 2.75) is 0 Å². The van der Waals surface area contributed by atoms with Gasteiger partial charge in [-0.25, -0.2) is 0 Å². The van der Waals surface area contributed by atoms with Gasteiger partial charge in [-0.2, -0.15) is 8.42 Å². The number of hydrogen-bond acceptors (Lipinski definition) is 6. The molecular weight excluding hydrogens is 242 g/mol. The van der Waals surface area contributed by atoms with Crippen LogP contribution in [0.1, 0.15) is 0 Å². The maximum absolute atomic E-state index is 10.2. The highest BCUT2D eigenvalue weighted by molar-refractivity contribution is 7.79. The third-order valence-corrected chi connectivity index (χ3v) is 1.22. The molecule has 1 rings (SSSR count). The largest absolute Gasteiger partial charge is 0.394 e. The van der Waals surface area contributed by atoms with Gasteiger partial charge in [0.15, 0.2) is 0 Å². The summed E-state index contributed by atoms with van der Waals surface area (Å²) in [6, 6.07) is 5.97. The second kappa shape index (κ2) is 5.97. The van der Waals surface area contributed by atoms with Gasteiger partial charge in [0.2, 0.25) is 0 Å². The third kappa shape index (κ3) is 7.64. The summed E-state index contributed by atoms with van der Waals surface area (Å²) in [7, 11) is -4.67. The van der Waals surface area contributed by atoms with E-state index in [4.69, 9.17) is 23.4 Å². The van der Waals surface area contributed by atoms with E-state index < -0.39 is 15.3 Å². The van der Waals surface area contributed by atoms with Gasteiger partial charge in [-0.1, -0.05) is 6.07 Å². The van der Waals surface area contributed by atoms with Crippen molar-refractivity contribution >= 4 is 21.8 Å². The lowest BCUT2D eigenvalue weighted by molar-refractivity contribution is -0.384. The van der Waals surface area contributed by atoms with Crippen molar-refractivity contribution in [1.29, 1.82) is 0 Å². The lowest BCUT2D eigenvalue weighted by atomic mass is 10.3. The van der Waals surface area contributed by atoms with Crippen LogP contribution in [0.3, 0.4) is 0 Å². The monoisotopic (exact) mass is 251 g/mol. The molecule has 1 aromatic carbocycles. The standard InChI is InChI=1S/C6H7N3O2.H2O4S/c7-8-5-2-1-3-6(4-5)9(10)11;1-5(2,3)4/h1-4,8H,7H2;(H2,1,2,3,4). The Morgan fingerprint density at radius 2 is 1.88 bits per heavy atom. The van der Waals surface area contributed by atoms with Crippen LogP contribution in [0, 0.1) is 10.1 Å². The molecule has 0 aliphatic heterocycles. The van der Waals surface area contributed by atoms with Crippen LogP contribution in [0.15, 0.2) is 24.3 Å². The van der Waals surface area contributed by atoms with Crippen molar-refractivity contribution in [3.8, 4) is 0 Å². The van der Waals surface area contributed by atoms with Crippen LogP contribution in [-0.4, -0.2) is 22.4 Å². The first-order valence-electron chi connectivity index (χ1n) is 3.65. The Balaban J connectivity index is 0.000000385. The first-order chi connectivity index (χ1) is 7.24. The van der Waals surface area contributed by atoms with Crippen LogP contribution < -0.4 is 11.3 Å². The number of rotatable bonds is 2. The number of nitrogens with two attached hydrogens (primary N) is 1. The van der Waals surface area contributed by atoms with Crippen molar-refractivity contribution in [3.05, 3.63) is 34.4 Å². The molecule has 0 amide bonds. The van der Waals surface area contributed by atoms with E-state index in [1.54, 1.807) is 12.1 Å². The van der Waals surface area contributed by atoms with E-state index in [9.17, 15) is 10.1 Å². The number of non-ortho nitro benzene ring substituents is 1. The maximum atomic E-state index is 10.2. The summed E-state index contributed by atoms with van der Waals surface area (Å²) < 4.78 is 31.6. The Hall–Kier alpha value is -1.75. The van der Waals surface area contributed by atoms with E-state index >= 15 is 0 Å². The number of hydrogen-bond donors (Lipinski definition) is 4. The average molecular weight is 251 g/mol. The molecule has 9 nitrogen and oxygen atoms in total. The summed E-state index contributed by atoms with van der Waals surface area (Å²) in [5.74, 6) is 5.05. The Kier molecular flexibility index (Phi) is 5.32. The number of benzene rings is 1. The summed E-state index contributed by atoms with van der Waals surface area (Å²) in [5, 5.41) is 10.2. The molecule has 10 heteroatoms. The minimum atomic E-state index is -4.67. The first kappa shape index (κ1) is 14.2. The molecule has 0 radical (unpaired) electrons. The van der Waals surface area contributed by atoms with E-state index in [1.807, 2.05) is 0 Å². The number of nitro groups is 1. The van der Waals surface area contributed by atoms with Crippen molar-refractivity contribution < 1.29 is 22.4 Å². The van der Waals surface area contributed by atoms with Crippen LogP contribution in [-0.2, 0) is 10.4 Å². The summed E-state index contributed by atoms with van der Waals surface area (Å²) in [6.45, 7) is 0. The van der Waals surface area contributed by atoms with E-state index in [-0.39, 0.29) is 5.69 Å². The number of nitrogen functional groups attached to an aromatic ring is 1. The van der Waals surface area contributed by atoms with Gasteiger partial charge in [-0.15, -0.1) is 0 Å². The van der Waals surface area contributed by atoms with Gasteiger partial charge in [0.05, 0.1) is 10.6 Å². The number of hydrazine groups is 1. The second-order valence-corrected chi connectivity index (χ2v) is 3.30. The van der Waals surface area contributed by atoms with E-state index in [2.05, 4.69) is 5.43 Å². The third-order valence-electron chi connectivity index (χ3n) is 1.22. The molecule has 16 heavy (non-hydrogen) atoms. The Labute approximate surface area is 90.6 Å². The van der Waals surface area contributed by atoms with Gasteiger partial charge < -0.3 is 5.43 Å². The molecule has 90 valence electrons. The quantitative estimate of drug-likeness (QED) is 0.252. The molecule has 0 aliphatic carbocycles. The first-order valence-corrected chi connectivity index (χ1v) is 5.04. The molecule has 0 saturated heterocycles. The van der Waals surface area contributed by atoms with Crippen LogP contribution in [0.2, 0.25) is 0 Å². The minimum absolute atomic E-state index is 0.0282. The van der Waals surface area contributed by atoms with Crippen molar-refractivity contribution in [2.75, 3.05) is 5.43 Å². The highest BCUT2D eigenvalue weighted by atomic mass is 32.3. The Morgan fingerprint density at radius 3 is 2.25 bits per heavy atom. The number of anilines is 1. The Morgan fingerprint density at radius 1 is 1.38 bits per heavy atom. The van der Waals surface area contributed by atoms with Gasteiger partial charge in [-0.3, -0.25) is 25.1 Å². The zero-order valence-corrected chi connectivity index (χ0v) is 8.59. The molecule has 0 aliphatic rings. The van der Waals surface area contributed by atoms with Crippen LogP contribution >= 0.6 is 0 Å². The molecule has 0 fully saturated rings. The molecular formula is C6H9N3O6S. The summed E-state index contributed by atoms with van der Waals surface area (Å²) in [6.07, 6.45) is 0. The highest BCUT2D eigenvalue weighted by Crippen LogP contribution is 2.15. The minimum Gasteiger partial charge on any atom is -0.324 e. The molecule has 0 heterocycles. The molecule has 0 aromatic heterocycles. The zero-order valence-electron chi connectivity index (χ0n) is 7.77. The van der Waals surface area contributed by atoms with E-state index in [0.717, 1.165) is 0 Å². The SMILES string of the molecule is NNc1cccc([N+](=O)[O-])c1.O=S(=O)(O)O. The second-order valence-electron chi connectivity index (χ2n) is 2.40. The molecule has 0 bridgehead atoms. The lowest BCUT2D eigenvalue weighted by Crippen LogP contribution is -2.06. The topological polar surface area (TPSA) is 156 Å². The van der Waals surface area contributed by atoms with Gasteiger partial charge >= 0.3 is 10.4 Å². The summed E-state index contributed by atoms with van der Waals surface area (Å²) in [5.41, 5.74) is 2.87. The normalized spacial score (nSPS) is 9.94. The fraction of sp³-hybridized carbons (Fsp3) is 0. The van der Waals surface area contributed by atoms with Gasteiger partial charge in [0.1, 0.15) is 0 Å². The smallest absolute Gasteiger partial charge is 0.324 e.